The molecule has 0 atom stereocenters. The molecule has 2 aromatic carbocycles. The molecule has 0 heterocycles. The second-order valence-electron chi connectivity index (χ2n) is 3.87. The second-order valence-corrected chi connectivity index (χ2v) is 4.31. The number of nitrogens with zero attached hydrogens (tertiary/aromatic N) is 1. The normalized spacial score (nSPS) is 10.9. The standard InChI is InChI=1S/C14H13NO2S.Cu/c1-9(11-7-6-10(16)8-13(11)17)15-12-4-2-3-5-14(12)18;/h2-8,16-18H,1H3;/q;+1/p-1. The van der Waals surface area contributed by atoms with Crippen LogP contribution in [0.25, 0.3) is 0 Å². The van der Waals surface area contributed by atoms with Gasteiger partial charge >= 0.3 is 17.1 Å². The Bertz CT molecular complexity index is 614. The molecule has 2 aromatic rings. The third-order valence-electron chi connectivity index (χ3n) is 2.52. The van der Waals surface area contributed by atoms with Crippen molar-refractivity contribution in [1.29, 1.82) is 0 Å². The van der Waals surface area contributed by atoms with Gasteiger partial charge in [-0.1, -0.05) is 18.2 Å². The minimum Gasteiger partial charge on any atom is -0.778 e. The number of rotatable bonds is 2. The molecule has 0 fully saturated rings. The molecule has 0 aliphatic rings. The van der Waals surface area contributed by atoms with Crippen molar-refractivity contribution in [3.8, 4) is 11.5 Å². The number of benzene rings is 2. The van der Waals surface area contributed by atoms with E-state index in [0.29, 0.717) is 21.9 Å². The number of para-hydroxylation sites is 1. The Kier molecular flexibility index (Phi) is 5.36. The van der Waals surface area contributed by atoms with Crippen LogP contribution >= 0.6 is 0 Å². The molecule has 0 aromatic heterocycles. The maximum Gasteiger partial charge on any atom is 1.00 e. The van der Waals surface area contributed by atoms with E-state index in [9.17, 15) is 10.2 Å². The monoisotopic (exact) mass is 321 g/mol. The van der Waals surface area contributed by atoms with Crippen molar-refractivity contribution in [3.63, 3.8) is 0 Å². The Morgan fingerprint density at radius 3 is 2.42 bits per heavy atom. The average Bonchev–Trinajstić information content (AvgIpc) is 2.32. The zero-order valence-electron chi connectivity index (χ0n) is 10.1. The van der Waals surface area contributed by atoms with E-state index >= 15 is 0 Å². The van der Waals surface area contributed by atoms with Crippen LogP contribution in [-0.2, 0) is 29.7 Å². The molecular weight excluding hydrogens is 310 g/mol. The smallest absolute Gasteiger partial charge is 0.778 e. The van der Waals surface area contributed by atoms with Crippen molar-refractivity contribution in [2.75, 3.05) is 0 Å². The number of phenols is 2. The molecule has 102 valence electrons. The van der Waals surface area contributed by atoms with Gasteiger partial charge in [-0.15, -0.1) is 4.90 Å². The molecular formula is C14H12CuNO2S. The summed E-state index contributed by atoms with van der Waals surface area (Å²) in [5.41, 5.74) is 1.91. The van der Waals surface area contributed by atoms with Crippen LogP contribution in [0.3, 0.4) is 0 Å². The van der Waals surface area contributed by atoms with E-state index in [2.05, 4.69) is 4.99 Å². The molecule has 5 heteroatoms. The van der Waals surface area contributed by atoms with Crippen LogP contribution in [-0.4, -0.2) is 15.9 Å². The first-order valence-electron chi connectivity index (χ1n) is 5.41. The van der Waals surface area contributed by atoms with Gasteiger partial charge in [-0.25, -0.2) is 0 Å². The molecule has 0 spiro atoms. The molecule has 19 heavy (non-hydrogen) atoms. The summed E-state index contributed by atoms with van der Waals surface area (Å²) in [5.74, 6) is 0.0193. The van der Waals surface area contributed by atoms with Gasteiger partial charge in [0, 0.05) is 23.0 Å². The van der Waals surface area contributed by atoms with Crippen molar-refractivity contribution in [2.45, 2.75) is 11.8 Å². The van der Waals surface area contributed by atoms with Gasteiger partial charge in [-0.05, 0) is 25.1 Å². The van der Waals surface area contributed by atoms with Crippen LogP contribution in [0.4, 0.5) is 5.69 Å². The topological polar surface area (TPSA) is 52.8 Å². The van der Waals surface area contributed by atoms with Crippen LogP contribution in [0.5, 0.6) is 11.5 Å². The van der Waals surface area contributed by atoms with E-state index in [1.54, 1.807) is 19.1 Å². The van der Waals surface area contributed by atoms with E-state index in [4.69, 9.17) is 12.6 Å². The molecule has 2 N–H and O–H groups in total. The van der Waals surface area contributed by atoms with Crippen LogP contribution < -0.4 is 0 Å². The summed E-state index contributed by atoms with van der Waals surface area (Å²) in [6, 6.07) is 11.8. The second kappa shape index (κ2) is 6.57. The fraction of sp³-hybridized carbons (Fsp3) is 0.0714. The maximum atomic E-state index is 9.74. The fourth-order valence-corrected chi connectivity index (χ4v) is 1.81. The zero-order valence-corrected chi connectivity index (χ0v) is 11.9. The molecule has 0 bridgehead atoms. The molecule has 0 saturated heterocycles. The summed E-state index contributed by atoms with van der Waals surface area (Å²) in [5, 5.41) is 19.0. The van der Waals surface area contributed by atoms with Gasteiger partial charge in [0.1, 0.15) is 11.5 Å². The molecule has 0 saturated carbocycles. The minimum atomic E-state index is -0.00176. The van der Waals surface area contributed by atoms with Gasteiger partial charge in [0.15, 0.2) is 0 Å². The van der Waals surface area contributed by atoms with Crippen molar-refractivity contribution in [1.82, 2.24) is 0 Å². The Balaban J connectivity index is 0.00000180. The number of hydrogen-bond donors (Lipinski definition) is 2. The molecule has 0 aliphatic heterocycles. The Hall–Kier alpha value is -1.55. The molecule has 0 unspecified atom stereocenters. The summed E-state index contributed by atoms with van der Waals surface area (Å²) in [7, 11) is 0. The van der Waals surface area contributed by atoms with Gasteiger partial charge in [0.25, 0.3) is 0 Å². The summed E-state index contributed by atoms with van der Waals surface area (Å²) in [6.07, 6.45) is 0. The first-order chi connectivity index (χ1) is 8.58. The van der Waals surface area contributed by atoms with Crippen LogP contribution in [0, 0.1) is 0 Å². The first kappa shape index (κ1) is 15.5. The number of aliphatic imine (C=N–C) groups is 1. The molecule has 0 aliphatic carbocycles. The average molecular weight is 322 g/mol. The van der Waals surface area contributed by atoms with Crippen LogP contribution in [0.1, 0.15) is 12.5 Å². The van der Waals surface area contributed by atoms with E-state index in [-0.39, 0.29) is 28.6 Å². The van der Waals surface area contributed by atoms with Gasteiger partial charge < -0.3 is 22.8 Å². The summed E-state index contributed by atoms with van der Waals surface area (Å²) >= 11 is 5.16. The predicted octanol–water partition coefficient (Wildman–Crippen LogP) is 3.14. The van der Waals surface area contributed by atoms with Gasteiger partial charge in [0.2, 0.25) is 0 Å². The summed E-state index contributed by atoms with van der Waals surface area (Å²) in [4.78, 5) is 5.05. The van der Waals surface area contributed by atoms with E-state index < -0.39 is 0 Å². The third-order valence-corrected chi connectivity index (χ3v) is 2.87. The first-order valence-corrected chi connectivity index (χ1v) is 5.82. The van der Waals surface area contributed by atoms with Crippen molar-refractivity contribution < 1.29 is 27.3 Å². The van der Waals surface area contributed by atoms with Crippen LogP contribution in [0.15, 0.2) is 52.4 Å². The number of hydrogen-bond acceptors (Lipinski definition) is 4. The molecule has 0 amide bonds. The summed E-state index contributed by atoms with van der Waals surface area (Å²) < 4.78 is 0. The molecule has 3 nitrogen and oxygen atoms in total. The zero-order chi connectivity index (χ0) is 13.1. The number of aromatic hydroxyl groups is 2. The van der Waals surface area contributed by atoms with Crippen molar-refractivity contribution in [3.05, 3.63) is 48.0 Å². The number of phenolic OH excluding ortho intramolecular Hbond substituents is 2. The van der Waals surface area contributed by atoms with E-state index in [1.165, 1.54) is 12.1 Å². The Morgan fingerprint density at radius 1 is 1.11 bits per heavy atom. The third kappa shape index (κ3) is 3.70. The van der Waals surface area contributed by atoms with E-state index in [1.807, 2.05) is 18.2 Å². The molecule has 2 rings (SSSR count). The van der Waals surface area contributed by atoms with Gasteiger partial charge in [0.05, 0.1) is 0 Å². The van der Waals surface area contributed by atoms with Crippen molar-refractivity contribution in [2.24, 2.45) is 4.99 Å². The van der Waals surface area contributed by atoms with Crippen LogP contribution in [0.2, 0.25) is 0 Å². The van der Waals surface area contributed by atoms with Crippen molar-refractivity contribution >= 4 is 24.0 Å². The SMILES string of the molecule is CC(=Nc1ccccc1[S-])c1ccc(O)cc1O.[Cu+]. The minimum absolute atomic E-state index is 0. The van der Waals surface area contributed by atoms with E-state index in [0.717, 1.165) is 0 Å². The van der Waals surface area contributed by atoms with Gasteiger partial charge in [-0.2, -0.15) is 0 Å². The summed E-state index contributed by atoms with van der Waals surface area (Å²) in [6.45, 7) is 1.79. The predicted molar refractivity (Wildman–Crippen MR) is 73.7 cm³/mol. The quantitative estimate of drug-likeness (QED) is 0.507. The Labute approximate surface area is 127 Å². The maximum absolute atomic E-state index is 9.74. The molecule has 0 radical (unpaired) electrons. The van der Waals surface area contributed by atoms with Gasteiger partial charge in [-0.3, -0.25) is 4.99 Å². The fourth-order valence-electron chi connectivity index (χ4n) is 1.62. The largest absolute Gasteiger partial charge is 1.00 e. The Morgan fingerprint density at radius 2 is 1.79 bits per heavy atom.